The van der Waals surface area contributed by atoms with E-state index in [9.17, 15) is 21.6 Å². The Morgan fingerprint density at radius 2 is 1.67 bits per heavy atom. The zero-order valence-corrected chi connectivity index (χ0v) is 21.5. The third kappa shape index (κ3) is 5.38. The van der Waals surface area contributed by atoms with Gasteiger partial charge >= 0.3 is 0 Å². The van der Waals surface area contributed by atoms with Gasteiger partial charge in [0, 0.05) is 12.2 Å². The summed E-state index contributed by atoms with van der Waals surface area (Å²) in [5.41, 5.74) is 2.74. The summed E-state index contributed by atoms with van der Waals surface area (Å²) in [6, 6.07) is 17.8. The van der Waals surface area contributed by atoms with Crippen molar-refractivity contribution in [1.29, 1.82) is 0 Å². The molecule has 0 unspecified atom stereocenters. The van der Waals surface area contributed by atoms with Gasteiger partial charge in [-0.15, -0.1) is 0 Å². The van der Waals surface area contributed by atoms with Crippen LogP contribution < -0.4 is 19.1 Å². The largest absolute Gasteiger partial charge is 0.484 e. The normalized spacial score (nSPS) is 13.7. The van der Waals surface area contributed by atoms with Crippen LogP contribution in [0, 0.1) is 6.92 Å². The maximum absolute atomic E-state index is 13.3. The van der Waals surface area contributed by atoms with E-state index in [0.717, 1.165) is 18.4 Å². The second kappa shape index (κ2) is 10.3. The number of nitrogens with one attached hydrogen (secondary N) is 2. The molecular formula is C25H27N3O6S2. The van der Waals surface area contributed by atoms with E-state index in [2.05, 4.69) is 10.0 Å². The lowest BCUT2D eigenvalue weighted by Gasteiger charge is -2.30. The van der Waals surface area contributed by atoms with Crippen LogP contribution in [0.1, 0.15) is 17.5 Å². The van der Waals surface area contributed by atoms with Crippen molar-refractivity contribution < 1.29 is 26.4 Å². The molecule has 0 aromatic heterocycles. The molecule has 11 heteroatoms. The number of ether oxygens (including phenoxy) is 1. The number of carbonyl (C=O) groups excluding carboxylic acids is 1. The van der Waals surface area contributed by atoms with Crippen LogP contribution in [-0.4, -0.2) is 42.9 Å². The lowest BCUT2D eigenvalue weighted by molar-refractivity contribution is -0.118. The number of amides is 1. The molecule has 9 nitrogen and oxygen atoms in total. The molecule has 3 aromatic carbocycles. The van der Waals surface area contributed by atoms with E-state index in [0.29, 0.717) is 29.2 Å². The van der Waals surface area contributed by atoms with Crippen LogP contribution in [0.2, 0.25) is 0 Å². The summed E-state index contributed by atoms with van der Waals surface area (Å²) in [6.07, 6.45) is 1.59. The Morgan fingerprint density at radius 1 is 0.972 bits per heavy atom. The van der Waals surface area contributed by atoms with Gasteiger partial charge in [0.1, 0.15) is 5.75 Å². The smallest absolute Gasteiger partial charge is 0.264 e. The zero-order chi connectivity index (χ0) is 25.9. The molecule has 3 aromatic rings. The van der Waals surface area contributed by atoms with Gasteiger partial charge in [-0.3, -0.25) is 9.10 Å². The Morgan fingerprint density at radius 3 is 2.39 bits per heavy atom. The Labute approximate surface area is 211 Å². The van der Waals surface area contributed by atoms with Gasteiger partial charge in [0.25, 0.3) is 15.9 Å². The minimum atomic E-state index is -3.74. The first-order chi connectivity index (χ1) is 17.1. The van der Waals surface area contributed by atoms with E-state index in [1.165, 1.54) is 47.8 Å². The van der Waals surface area contributed by atoms with E-state index in [4.69, 9.17) is 4.74 Å². The number of sulfonamides is 2. The number of nitrogens with zero attached hydrogens (tertiary/aromatic N) is 1. The molecule has 0 fully saturated rings. The van der Waals surface area contributed by atoms with Crippen LogP contribution in [0.5, 0.6) is 5.75 Å². The molecule has 1 amide bonds. The van der Waals surface area contributed by atoms with E-state index in [1.54, 1.807) is 13.0 Å². The Balaban J connectivity index is 1.42. The Kier molecular flexibility index (Phi) is 7.34. The highest BCUT2D eigenvalue weighted by Crippen LogP contribution is 2.32. The Bertz CT molecular complexity index is 1490. The van der Waals surface area contributed by atoms with Gasteiger partial charge in [-0.05, 0) is 80.4 Å². The average molecular weight is 530 g/mol. The number of hydrogen-bond donors (Lipinski definition) is 2. The molecule has 1 aliphatic heterocycles. The topological polar surface area (TPSA) is 122 Å². The summed E-state index contributed by atoms with van der Waals surface area (Å²) in [5.74, 6) is -0.162. The van der Waals surface area contributed by atoms with Crippen molar-refractivity contribution in [3.05, 3.63) is 77.9 Å². The molecule has 190 valence electrons. The predicted molar refractivity (Wildman–Crippen MR) is 137 cm³/mol. The van der Waals surface area contributed by atoms with Crippen molar-refractivity contribution in [1.82, 2.24) is 4.72 Å². The Hall–Kier alpha value is -3.41. The van der Waals surface area contributed by atoms with Gasteiger partial charge in [-0.1, -0.05) is 24.3 Å². The number of para-hydroxylation sites is 1. The molecule has 0 aliphatic carbocycles. The molecule has 0 atom stereocenters. The summed E-state index contributed by atoms with van der Waals surface area (Å²) in [4.78, 5) is 12.6. The SMILES string of the molecule is CNS(=O)(=O)c1ccc(C)c(NC(=O)COc2ccc(S(=O)(=O)N3CCCc4ccccc43)cc2)c1. The fourth-order valence-electron chi connectivity index (χ4n) is 3.94. The van der Waals surface area contributed by atoms with Gasteiger partial charge in [0.05, 0.1) is 15.5 Å². The molecule has 4 rings (SSSR count). The number of fused-ring (bicyclic) bond motifs is 1. The van der Waals surface area contributed by atoms with Crippen LogP contribution in [0.25, 0.3) is 0 Å². The first-order valence-electron chi connectivity index (χ1n) is 11.3. The summed E-state index contributed by atoms with van der Waals surface area (Å²) < 4.78 is 59.7. The first-order valence-corrected chi connectivity index (χ1v) is 14.2. The highest BCUT2D eigenvalue weighted by atomic mass is 32.2. The maximum Gasteiger partial charge on any atom is 0.264 e. The summed E-state index contributed by atoms with van der Waals surface area (Å²) in [5, 5.41) is 2.65. The molecule has 0 saturated carbocycles. The van der Waals surface area contributed by atoms with E-state index in [1.807, 2.05) is 24.3 Å². The van der Waals surface area contributed by atoms with E-state index in [-0.39, 0.29) is 16.4 Å². The monoisotopic (exact) mass is 529 g/mol. The van der Waals surface area contributed by atoms with Gasteiger partial charge in [-0.25, -0.2) is 21.6 Å². The van der Waals surface area contributed by atoms with Crippen molar-refractivity contribution in [3.8, 4) is 5.75 Å². The van der Waals surface area contributed by atoms with Crippen LogP contribution in [-0.2, 0) is 31.3 Å². The summed E-state index contributed by atoms with van der Waals surface area (Å²) in [6.45, 7) is 1.81. The highest BCUT2D eigenvalue weighted by molar-refractivity contribution is 7.92. The van der Waals surface area contributed by atoms with Crippen molar-refractivity contribution in [2.45, 2.75) is 29.6 Å². The lowest BCUT2D eigenvalue weighted by Crippen LogP contribution is -2.35. The quantitative estimate of drug-likeness (QED) is 0.463. The highest BCUT2D eigenvalue weighted by Gasteiger charge is 2.28. The average Bonchev–Trinajstić information content (AvgIpc) is 2.88. The molecular weight excluding hydrogens is 502 g/mol. The lowest BCUT2D eigenvalue weighted by atomic mass is 10.0. The van der Waals surface area contributed by atoms with Gasteiger partial charge < -0.3 is 10.1 Å². The van der Waals surface area contributed by atoms with Crippen molar-refractivity contribution in [2.24, 2.45) is 0 Å². The van der Waals surface area contributed by atoms with Gasteiger partial charge in [0.15, 0.2) is 6.61 Å². The van der Waals surface area contributed by atoms with Crippen LogP contribution in [0.15, 0.2) is 76.5 Å². The number of carbonyl (C=O) groups is 1. The van der Waals surface area contributed by atoms with Gasteiger partial charge in [0.2, 0.25) is 10.0 Å². The van der Waals surface area contributed by atoms with Crippen molar-refractivity contribution >= 4 is 37.3 Å². The minimum Gasteiger partial charge on any atom is -0.484 e. The molecule has 0 bridgehead atoms. The van der Waals surface area contributed by atoms with E-state index >= 15 is 0 Å². The molecule has 0 radical (unpaired) electrons. The fourth-order valence-corrected chi connectivity index (χ4v) is 6.24. The second-order valence-corrected chi connectivity index (χ2v) is 12.1. The van der Waals surface area contributed by atoms with Crippen LogP contribution >= 0.6 is 0 Å². The van der Waals surface area contributed by atoms with Crippen LogP contribution in [0.3, 0.4) is 0 Å². The number of anilines is 2. The number of benzene rings is 3. The third-order valence-corrected chi connectivity index (χ3v) is 9.15. The molecule has 1 aliphatic rings. The predicted octanol–water partition coefficient (Wildman–Crippen LogP) is 3.06. The number of rotatable bonds is 8. The summed E-state index contributed by atoms with van der Waals surface area (Å²) in [7, 11) is -6.09. The number of hydrogen-bond acceptors (Lipinski definition) is 6. The first kappa shape index (κ1) is 25.7. The van der Waals surface area contributed by atoms with Crippen molar-refractivity contribution in [2.75, 3.05) is 29.8 Å². The minimum absolute atomic E-state index is 0.0277. The fraction of sp³-hybridized carbons (Fsp3) is 0.240. The third-order valence-electron chi connectivity index (χ3n) is 5.91. The zero-order valence-electron chi connectivity index (χ0n) is 19.9. The molecule has 2 N–H and O–H groups in total. The van der Waals surface area contributed by atoms with Crippen molar-refractivity contribution in [3.63, 3.8) is 0 Å². The standard InChI is InChI=1S/C25H27N3O6S2/c1-18-9-12-22(35(30,31)26-2)16-23(18)27-25(29)17-34-20-10-13-21(14-11-20)36(32,33)28-15-5-7-19-6-3-4-8-24(19)28/h3-4,6,8-14,16,26H,5,7,15,17H2,1-2H3,(H,27,29). The second-order valence-electron chi connectivity index (χ2n) is 8.30. The molecule has 0 spiro atoms. The molecule has 1 heterocycles. The molecule has 0 saturated heterocycles. The van der Waals surface area contributed by atoms with Crippen LogP contribution in [0.4, 0.5) is 11.4 Å². The summed E-state index contributed by atoms with van der Waals surface area (Å²) >= 11 is 0. The maximum atomic E-state index is 13.3. The van der Waals surface area contributed by atoms with Gasteiger partial charge in [-0.2, -0.15) is 0 Å². The molecule has 36 heavy (non-hydrogen) atoms. The number of aryl methyl sites for hydroxylation is 2. The van der Waals surface area contributed by atoms with E-state index < -0.39 is 26.0 Å².